The van der Waals surface area contributed by atoms with Gasteiger partial charge in [0.15, 0.2) is 0 Å². The molecule has 0 amide bonds. The SMILES string of the molecule is COC=C1CCCC(CCC(C)C)C1. The first-order chi connectivity index (χ1) is 6.72. The molecule has 0 N–H and O–H groups in total. The second-order valence-electron chi connectivity index (χ2n) is 4.95. The van der Waals surface area contributed by atoms with Crippen LogP contribution in [0.4, 0.5) is 0 Å². The van der Waals surface area contributed by atoms with E-state index in [0.717, 1.165) is 11.8 Å². The fraction of sp³-hybridized carbons (Fsp3) is 0.846. The molecule has 1 saturated carbocycles. The summed E-state index contributed by atoms with van der Waals surface area (Å²) in [5.41, 5.74) is 1.52. The molecular weight excluding hydrogens is 172 g/mol. The largest absolute Gasteiger partial charge is 0.504 e. The van der Waals surface area contributed by atoms with Gasteiger partial charge in [0, 0.05) is 0 Å². The van der Waals surface area contributed by atoms with E-state index in [2.05, 4.69) is 13.8 Å². The van der Waals surface area contributed by atoms with Gasteiger partial charge in [0.2, 0.25) is 0 Å². The Hall–Kier alpha value is -0.460. The molecule has 0 aromatic carbocycles. The van der Waals surface area contributed by atoms with Crippen LogP contribution in [0.5, 0.6) is 0 Å². The standard InChI is InChI=1S/C13H24O/c1-11(2)7-8-12-5-4-6-13(9-12)10-14-3/h10-12H,4-9H2,1-3H3. The summed E-state index contributed by atoms with van der Waals surface area (Å²) in [6.07, 6.45) is 10.1. The lowest BCUT2D eigenvalue weighted by Crippen LogP contribution is -2.09. The van der Waals surface area contributed by atoms with Crippen LogP contribution in [0.1, 0.15) is 52.4 Å². The number of methoxy groups -OCH3 is 1. The van der Waals surface area contributed by atoms with E-state index in [1.165, 1.54) is 44.1 Å². The maximum atomic E-state index is 5.09. The average Bonchev–Trinajstić information content (AvgIpc) is 2.16. The Balaban J connectivity index is 2.29. The van der Waals surface area contributed by atoms with E-state index in [1.54, 1.807) is 7.11 Å². The third-order valence-electron chi connectivity index (χ3n) is 3.10. The number of ether oxygens (including phenoxy) is 1. The highest BCUT2D eigenvalue weighted by Gasteiger charge is 2.17. The van der Waals surface area contributed by atoms with Gasteiger partial charge in [0.05, 0.1) is 13.4 Å². The van der Waals surface area contributed by atoms with Crippen molar-refractivity contribution in [2.45, 2.75) is 52.4 Å². The van der Waals surface area contributed by atoms with E-state index in [1.807, 2.05) is 6.26 Å². The molecular formula is C13H24O. The molecule has 1 nitrogen and oxygen atoms in total. The van der Waals surface area contributed by atoms with E-state index in [9.17, 15) is 0 Å². The lowest BCUT2D eigenvalue weighted by atomic mass is 9.82. The summed E-state index contributed by atoms with van der Waals surface area (Å²) in [7, 11) is 1.75. The molecule has 82 valence electrons. The summed E-state index contributed by atoms with van der Waals surface area (Å²) in [6.45, 7) is 4.63. The van der Waals surface area contributed by atoms with Gasteiger partial charge in [-0.05, 0) is 49.5 Å². The van der Waals surface area contributed by atoms with Crippen molar-refractivity contribution in [3.05, 3.63) is 11.8 Å². The predicted molar refractivity (Wildman–Crippen MR) is 61.1 cm³/mol. The first-order valence-electron chi connectivity index (χ1n) is 5.93. The molecule has 1 rings (SSSR count). The monoisotopic (exact) mass is 196 g/mol. The third kappa shape index (κ3) is 4.17. The zero-order valence-corrected chi connectivity index (χ0v) is 9.88. The Labute approximate surface area is 88.5 Å². The van der Waals surface area contributed by atoms with E-state index < -0.39 is 0 Å². The molecule has 0 heterocycles. The Morgan fingerprint density at radius 1 is 1.50 bits per heavy atom. The van der Waals surface area contributed by atoms with Crippen LogP contribution in [-0.4, -0.2) is 7.11 Å². The number of allylic oxidation sites excluding steroid dienone is 1. The molecule has 0 aromatic rings. The van der Waals surface area contributed by atoms with E-state index >= 15 is 0 Å². The molecule has 0 aromatic heterocycles. The average molecular weight is 196 g/mol. The van der Waals surface area contributed by atoms with Crippen LogP contribution in [0, 0.1) is 11.8 Å². The first kappa shape index (κ1) is 11.6. The molecule has 0 radical (unpaired) electrons. The van der Waals surface area contributed by atoms with Crippen LogP contribution < -0.4 is 0 Å². The van der Waals surface area contributed by atoms with Crippen LogP contribution >= 0.6 is 0 Å². The van der Waals surface area contributed by atoms with Crippen molar-refractivity contribution in [3.8, 4) is 0 Å². The topological polar surface area (TPSA) is 9.23 Å². The lowest BCUT2D eigenvalue weighted by Gasteiger charge is -2.24. The minimum absolute atomic E-state index is 0.854. The van der Waals surface area contributed by atoms with Gasteiger partial charge in [-0.2, -0.15) is 0 Å². The van der Waals surface area contributed by atoms with Crippen molar-refractivity contribution in [2.24, 2.45) is 11.8 Å². The van der Waals surface area contributed by atoms with Crippen molar-refractivity contribution in [2.75, 3.05) is 7.11 Å². The number of hydrogen-bond donors (Lipinski definition) is 0. The normalized spacial score (nSPS) is 25.7. The van der Waals surface area contributed by atoms with Crippen molar-refractivity contribution in [3.63, 3.8) is 0 Å². The van der Waals surface area contributed by atoms with Crippen molar-refractivity contribution >= 4 is 0 Å². The highest BCUT2D eigenvalue weighted by Crippen LogP contribution is 2.32. The second-order valence-corrected chi connectivity index (χ2v) is 4.95. The smallest absolute Gasteiger partial charge is 0.0816 e. The lowest BCUT2D eigenvalue weighted by molar-refractivity contribution is 0.311. The van der Waals surface area contributed by atoms with Crippen LogP contribution in [-0.2, 0) is 4.74 Å². The molecule has 0 spiro atoms. The van der Waals surface area contributed by atoms with Crippen LogP contribution in [0.15, 0.2) is 11.8 Å². The van der Waals surface area contributed by atoms with Gasteiger partial charge < -0.3 is 4.74 Å². The van der Waals surface area contributed by atoms with Gasteiger partial charge >= 0.3 is 0 Å². The van der Waals surface area contributed by atoms with Gasteiger partial charge in [-0.3, -0.25) is 0 Å². The van der Waals surface area contributed by atoms with Crippen molar-refractivity contribution < 1.29 is 4.74 Å². The summed E-state index contributed by atoms with van der Waals surface area (Å²) < 4.78 is 5.09. The maximum Gasteiger partial charge on any atom is 0.0816 e. The highest BCUT2D eigenvalue weighted by atomic mass is 16.5. The van der Waals surface area contributed by atoms with Crippen LogP contribution in [0.25, 0.3) is 0 Å². The van der Waals surface area contributed by atoms with Gasteiger partial charge in [-0.15, -0.1) is 0 Å². The minimum Gasteiger partial charge on any atom is -0.504 e. The first-order valence-corrected chi connectivity index (χ1v) is 5.93. The fourth-order valence-corrected chi connectivity index (χ4v) is 2.28. The summed E-state index contributed by atoms with van der Waals surface area (Å²) in [4.78, 5) is 0. The number of hydrogen-bond acceptors (Lipinski definition) is 1. The Bertz CT molecular complexity index is 182. The molecule has 1 fully saturated rings. The second kappa shape index (κ2) is 6.10. The fourth-order valence-electron chi connectivity index (χ4n) is 2.28. The highest BCUT2D eigenvalue weighted by molar-refractivity contribution is 5.02. The predicted octanol–water partition coefficient (Wildman–Crippen LogP) is 4.14. The Morgan fingerprint density at radius 2 is 2.29 bits per heavy atom. The summed E-state index contributed by atoms with van der Waals surface area (Å²) in [6, 6.07) is 0. The van der Waals surface area contributed by atoms with Crippen molar-refractivity contribution in [1.29, 1.82) is 0 Å². The van der Waals surface area contributed by atoms with Gasteiger partial charge in [0.1, 0.15) is 0 Å². The molecule has 1 aliphatic rings. The van der Waals surface area contributed by atoms with Crippen LogP contribution in [0.2, 0.25) is 0 Å². The summed E-state index contributed by atoms with van der Waals surface area (Å²) >= 11 is 0. The van der Waals surface area contributed by atoms with Crippen LogP contribution in [0.3, 0.4) is 0 Å². The molecule has 0 aliphatic heterocycles. The minimum atomic E-state index is 0.854. The zero-order valence-electron chi connectivity index (χ0n) is 9.88. The van der Waals surface area contributed by atoms with Gasteiger partial charge in [-0.25, -0.2) is 0 Å². The molecule has 1 unspecified atom stereocenters. The molecule has 1 aliphatic carbocycles. The Kier molecular flexibility index (Phi) is 5.06. The summed E-state index contributed by atoms with van der Waals surface area (Å²) in [5, 5.41) is 0. The third-order valence-corrected chi connectivity index (χ3v) is 3.10. The van der Waals surface area contributed by atoms with Gasteiger partial charge in [-0.1, -0.05) is 20.3 Å². The molecule has 1 atom stereocenters. The summed E-state index contributed by atoms with van der Waals surface area (Å²) in [5.74, 6) is 1.78. The quantitative estimate of drug-likeness (QED) is 0.614. The van der Waals surface area contributed by atoms with E-state index in [-0.39, 0.29) is 0 Å². The molecule has 0 saturated heterocycles. The maximum absolute atomic E-state index is 5.09. The molecule has 14 heavy (non-hydrogen) atoms. The molecule has 0 bridgehead atoms. The van der Waals surface area contributed by atoms with Gasteiger partial charge in [0.25, 0.3) is 0 Å². The molecule has 1 heteroatoms. The van der Waals surface area contributed by atoms with E-state index in [0.29, 0.717) is 0 Å². The van der Waals surface area contributed by atoms with E-state index in [4.69, 9.17) is 4.74 Å². The zero-order chi connectivity index (χ0) is 10.4. The van der Waals surface area contributed by atoms with Crippen molar-refractivity contribution in [1.82, 2.24) is 0 Å². The Morgan fingerprint density at radius 3 is 2.93 bits per heavy atom. The number of rotatable bonds is 4.